The number of allylic oxidation sites excluding steroid dienone is 4. The van der Waals surface area contributed by atoms with Crippen LogP contribution < -0.4 is 15.6 Å². The van der Waals surface area contributed by atoms with E-state index < -0.39 is 11.7 Å². The maximum atomic E-state index is 13.6. The first-order valence-corrected chi connectivity index (χ1v) is 8.46. The number of aromatic nitrogens is 2. The summed E-state index contributed by atoms with van der Waals surface area (Å²) >= 11 is 0. The fraction of sp³-hybridized carbons (Fsp3) is 0.300. The summed E-state index contributed by atoms with van der Waals surface area (Å²) < 4.78 is 20.5. The monoisotopic (exact) mass is 355 g/mol. The fourth-order valence-electron chi connectivity index (χ4n) is 2.86. The van der Waals surface area contributed by atoms with Gasteiger partial charge in [0.1, 0.15) is 6.17 Å². The lowest BCUT2D eigenvalue weighted by atomic mass is 10.0. The zero-order valence-corrected chi connectivity index (χ0v) is 15.1. The second-order valence-corrected chi connectivity index (χ2v) is 6.44. The third kappa shape index (κ3) is 4.02. The Bertz CT molecular complexity index is 931. The van der Waals surface area contributed by atoms with E-state index in [0.717, 1.165) is 22.4 Å². The molecule has 2 aromatic rings. The lowest BCUT2D eigenvalue weighted by Crippen LogP contribution is -2.20. The van der Waals surface area contributed by atoms with Crippen molar-refractivity contribution in [2.45, 2.75) is 33.0 Å². The van der Waals surface area contributed by atoms with E-state index in [1.807, 2.05) is 38.1 Å². The Labute approximate surface area is 151 Å². The zero-order chi connectivity index (χ0) is 18.7. The minimum Gasteiger partial charge on any atom is -0.490 e. The molecule has 0 saturated heterocycles. The summed E-state index contributed by atoms with van der Waals surface area (Å²) in [5, 5.41) is 3.23. The van der Waals surface area contributed by atoms with Crippen LogP contribution in [-0.2, 0) is 6.54 Å². The van der Waals surface area contributed by atoms with E-state index in [1.54, 1.807) is 16.8 Å². The molecule has 136 valence electrons. The van der Waals surface area contributed by atoms with Gasteiger partial charge in [0.15, 0.2) is 0 Å². The smallest absolute Gasteiger partial charge is 0.316 e. The minimum atomic E-state index is -0.986. The average Bonchev–Trinajstić information content (AvgIpc) is 2.60. The van der Waals surface area contributed by atoms with Gasteiger partial charge in [-0.25, -0.2) is 4.39 Å². The zero-order valence-electron chi connectivity index (χ0n) is 15.1. The van der Waals surface area contributed by atoms with E-state index in [-0.39, 0.29) is 5.75 Å². The quantitative estimate of drug-likeness (QED) is 0.885. The van der Waals surface area contributed by atoms with Crippen LogP contribution in [0.15, 0.2) is 53.0 Å². The molecule has 0 fully saturated rings. The van der Waals surface area contributed by atoms with Crippen LogP contribution in [0.4, 0.5) is 16.0 Å². The molecule has 1 atom stereocenters. The molecule has 0 amide bonds. The molecule has 6 heteroatoms. The van der Waals surface area contributed by atoms with Crippen molar-refractivity contribution in [1.82, 2.24) is 9.55 Å². The number of alkyl halides is 1. The number of halogens is 1. The van der Waals surface area contributed by atoms with Crippen LogP contribution in [0.25, 0.3) is 0 Å². The van der Waals surface area contributed by atoms with Gasteiger partial charge in [0.25, 0.3) is 0 Å². The Balaban J connectivity index is 1.99. The average molecular weight is 355 g/mol. The van der Waals surface area contributed by atoms with Crippen LogP contribution in [0.2, 0.25) is 0 Å². The summed E-state index contributed by atoms with van der Waals surface area (Å²) in [6.45, 7) is 4.40. The predicted octanol–water partition coefficient (Wildman–Crippen LogP) is 3.84. The van der Waals surface area contributed by atoms with E-state index in [9.17, 15) is 9.18 Å². The molecule has 1 aliphatic carbocycles. The highest BCUT2D eigenvalue weighted by molar-refractivity contribution is 5.59. The van der Waals surface area contributed by atoms with Crippen LogP contribution in [0.1, 0.15) is 17.5 Å². The fourth-order valence-corrected chi connectivity index (χ4v) is 2.86. The Hall–Kier alpha value is -2.89. The molecule has 0 saturated carbocycles. The van der Waals surface area contributed by atoms with Crippen molar-refractivity contribution in [3.63, 3.8) is 0 Å². The molecule has 1 aliphatic rings. The second-order valence-electron chi connectivity index (χ2n) is 6.44. The number of rotatable bonds is 5. The molecule has 0 radical (unpaired) electrons. The van der Waals surface area contributed by atoms with E-state index in [4.69, 9.17) is 4.74 Å². The van der Waals surface area contributed by atoms with Gasteiger partial charge in [0, 0.05) is 18.7 Å². The van der Waals surface area contributed by atoms with Gasteiger partial charge in [-0.15, -0.1) is 0 Å². The Morgan fingerprint density at radius 2 is 2.19 bits per heavy atom. The summed E-state index contributed by atoms with van der Waals surface area (Å²) in [4.78, 5) is 16.3. The predicted molar refractivity (Wildman–Crippen MR) is 101 cm³/mol. The van der Waals surface area contributed by atoms with E-state index in [0.29, 0.717) is 18.9 Å². The highest BCUT2D eigenvalue weighted by atomic mass is 19.1. The third-order valence-electron chi connectivity index (χ3n) is 4.31. The SMILES string of the molecule is COc1cn(CC2=CC=CC(F)C2)c(Nc2cc(C)ccc2C)nc1=O. The molecular weight excluding hydrogens is 333 g/mol. The van der Waals surface area contributed by atoms with Crippen LogP contribution in [0, 0.1) is 13.8 Å². The van der Waals surface area contributed by atoms with Gasteiger partial charge in [0.05, 0.1) is 13.3 Å². The summed E-state index contributed by atoms with van der Waals surface area (Å²) in [7, 11) is 1.43. The van der Waals surface area contributed by atoms with Gasteiger partial charge in [-0.3, -0.25) is 4.79 Å². The van der Waals surface area contributed by atoms with Crippen LogP contribution in [0.5, 0.6) is 5.75 Å². The molecule has 26 heavy (non-hydrogen) atoms. The number of benzene rings is 1. The van der Waals surface area contributed by atoms with Gasteiger partial charge >= 0.3 is 5.56 Å². The molecule has 0 aliphatic heterocycles. The lowest BCUT2D eigenvalue weighted by Gasteiger charge is -2.19. The number of methoxy groups -OCH3 is 1. The maximum Gasteiger partial charge on any atom is 0.316 e. The van der Waals surface area contributed by atoms with Gasteiger partial charge in [-0.1, -0.05) is 30.4 Å². The van der Waals surface area contributed by atoms with E-state index in [1.165, 1.54) is 13.2 Å². The molecule has 0 spiro atoms. The summed E-state index contributed by atoms with van der Waals surface area (Å²) in [6.07, 6.45) is 6.09. The molecular formula is C20H22FN3O2. The molecule has 5 nitrogen and oxygen atoms in total. The standard InChI is InChI=1S/C20H22FN3O2/c1-13-7-8-14(2)17(9-13)22-20-23-19(25)18(26-3)12-24(20)11-15-5-4-6-16(21)10-15/h4-9,12,16H,10-11H2,1-3H3,(H,22,23,25). The molecule has 1 unspecified atom stereocenters. The van der Waals surface area contributed by atoms with Crippen molar-refractivity contribution in [3.05, 3.63) is 69.7 Å². The van der Waals surface area contributed by atoms with Gasteiger partial charge in [0.2, 0.25) is 11.7 Å². The van der Waals surface area contributed by atoms with Crippen molar-refractivity contribution in [3.8, 4) is 5.75 Å². The van der Waals surface area contributed by atoms with Gasteiger partial charge in [-0.05, 0) is 36.6 Å². The largest absolute Gasteiger partial charge is 0.490 e. The highest BCUT2D eigenvalue weighted by Crippen LogP contribution is 2.23. The van der Waals surface area contributed by atoms with Crippen molar-refractivity contribution >= 4 is 11.6 Å². The molecule has 1 heterocycles. The Kier molecular flexibility index (Phi) is 5.21. The topological polar surface area (TPSA) is 56.1 Å². The number of nitrogens with one attached hydrogen (secondary N) is 1. The van der Waals surface area contributed by atoms with Crippen molar-refractivity contribution in [1.29, 1.82) is 0 Å². The first-order valence-electron chi connectivity index (χ1n) is 8.46. The Morgan fingerprint density at radius 3 is 2.92 bits per heavy atom. The number of hydrogen-bond donors (Lipinski definition) is 1. The molecule has 1 aromatic heterocycles. The van der Waals surface area contributed by atoms with Crippen molar-refractivity contribution in [2.24, 2.45) is 0 Å². The second kappa shape index (κ2) is 7.56. The molecule has 3 rings (SSSR count). The normalized spacial score (nSPS) is 16.3. The number of ether oxygens (including phenoxy) is 1. The number of nitrogens with zero attached hydrogens (tertiary/aromatic N) is 2. The molecule has 1 aromatic carbocycles. The van der Waals surface area contributed by atoms with Crippen LogP contribution >= 0.6 is 0 Å². The number of aryl methyl sites for hydroxylation is 2. The van der Waals surface area contributed by atoms with E-state index >= 15 is 0 Å². The first kappa shape index (κ1) is 17.9. The van der Waals surface area contributed by atoms with E-state index in [2.05, 4.69) is 10.3 Å². The third-order valence-corrected chi connectivity index (χ3v) is 4.31. The molecule has 1 N–H and O–H groups in total. The van der Waals surface area contributed by atoms with Gasteiger partial charge < -0.3 is 14.6 Å². The number of hydrogen-bond acceptors (Lipinski definition) is 4. The van der Waals surface area contributed by atoms with Crippen LogP contribution in [0.3, 0.4) is 0 Å². The minimum absolute atomic E-state index is 0.153. The summed E-state index contributed by atoms with van der Waals surface area (Å²) in [5.74, 6) is 0.552. The van der Waals surface area contributed by atoms with Crippen LogP contribution in [-0.4, -0.2) is 22.8 Å². The van der Waals surface area contributed by atoms with Crippen molar-refractivity contribution < 1.29 is 9.13 Å². The lowest BCUT2D eigenvalue weighted by molar-refractivity contribution is 0.387. The Morgan fingerprint density at radius 1 is 1.38 bits per heavy atom. The number of anilines is 2. The molecule has 0 bridgehead atoms. The summed E-state index contributed by atoms with van der Waals surface area (Å²) in [6, 6.07) is 6.03. The van der Waals surface area contributed by atoms with Gasteiger partial charge in [-0.2, -0.15) is 4.98 Å². The maximum absolute atomic E-state index is 13.6. The highest BCUT2D eigenvalue weighted by Gasteiger charge is 2.15. The van der Waals surface area contributed by atoms with Crippen molar-refractivity contribution in [2.75, 3.05) is 12.4 Å². The first-order chi connectivity index (χ1) is 12.5. The summed E-state index contributed by atoms with van der Waals surface area (Å²) in [5.41, 5.74) is 3.47.